The fourth-order valence-electron chi connectivity index (χ4n) is 1.52. The van der Waals surface area contributed by atoms with Gasteiger partial charge in [-0.3, -0.25) is 0 Å². The van der Waals surface area contributed by atoms with Gasteiger partial charge in [-0.15, -0.1) is 0 Å². The summed E-state index contributed by atoms with van der Waals surface area (Å²) < 4.78 is 26.3. The topological polar surface area (TPSA) is 58.2 Å². The standard InChI is InChI=1S/C12H19BrN2O2S/c1-3-15-18(16,17)7-6-14-9-11-5-4-10(2)8-12(11)13/h4-5,8,14-15H,3,6-7,9H2,1-2H3. The molecule has 0 saturated carbocycles. The summed E-state index contributed by atoms with van der Waals surface area (Å²) in [7, 11) is -3.13. The zero-order valence-electron chi connectivity index (χ0n) is 10.7. The lowest BCUT2D eigenvalue weighted by atomic mass is 10.1. The number of halogens is 1. The third kappa shape index (κ3) is 5.48. The van der Waals surface area contributed by atoms with Crippen molar-refractivity contribution in [2.24, 2.45) is 0 Å². The summed E-state index contributed by atoms with van der Waals surface area (Å²) in [5.41, 5.74) is 2.32. The number of sulfonamides is 1. The average Bonchev–Trinajstić information content (AvgIpc) is 2.26. The minimum atomic E-state index is -3.13. The highest BCUT2D eigenvalue weighted by molar-refractivity contribution is 9.10. The molecule has 1 aromatic rings. The molecule has 0 aromatic heterocycles. The highest BCUT2D eigenvalue weighted by atomic mass is 79.9. The largest absolute Gasteiger partial charge is 0.312 e. The van der Waals surface area contributed by atoms with Crippen molar-refractivity contribution < 1.29 is 8.42 Å². The Hall–Kier alpha value is -0.430. The van der Waals surface area contributed by atoms with Crippen molar-refractivity contribution in [3.05, 3.63) is 33.8 Å². The van der Waals surface area contributed by atoms with Gasteiger partial charge in [-0.05, 0) is 24.1 Å². The van der Waals surface area contributed by atoms with Crippen LogP contribution in [-0.2, 0) is 16.6 Å². The maximum absolute atomic E-state index is 11.4. The van der Waals surface area contributed by atoms with Gasteiger partial charge in [-0.25, -0.2) is 13.1 Å². The Kier molecular flexibility index (Phi) is 6.28. The van der Waals surface area contributed by atoms with Crippen LogP contribution in [0.1, 0.15) is 18.1 Å². The molecule has 0 spiro atoms. The highest BCUT2D eigenvalue weighted by Gasteiger charge is 2.07. The van der Waals surface area contributed by atoms with E-state index in [4.69, 9.17) is 0 Å². The second-order valence-corrected chi connectivity index (χ2v) is 6.87. The predicted octanol–water partition coefficient (Wildman–Crippen LogP) is 1.79. The van der Waals surface area contributed by atoms with Gasteiger partial charge in [0.25, 0.3) is 0 Å². The van der Waals surface area contributed by atoms with Crippen LogP contribution in [0, 0.1) is 6.92 Å². The fraction of sp³-hybridized carbons (Fsp3) is 0.500. The van der Waals surface area contributed by atoms with Crippen LogP contribution in [0.4, 0.5) is 0 Å². The molecule has 1 rings (SSSR count). The quantitative estimate of drug-likeness (QED) is 0.747. The third-order valence-corrected chi connectivity index (χ3v) is 4.64. The summed E-state index contributed by atoms with van der Waals surface area (Å²) in [6.07, 6.45) is 0. The Morgan fingerprint density at radius 2 is 2.06 bits per heavy atom. The smallest absolute Gasteiger partial charge is 0.212 e. The molecule has 0 atom stereocenters. The Balaban J connectivity index is 2.38. The molecule has 0 amide bonds. The molecular formula is C12H19BrN2O2S. The Morgan fingerprint density at radius 1 is 1.33 bits per heavy atom. The van der Waals surface area contributed by atoms with E-state index in [0.29, 0.717) is 19.6 Å². The van der Waals surface area contributed by atoms with Crippen molar-refractivity contribution in [1.82, 2.24) is 10.0 Å². The van der Waals surface area contributed by atoms with Crippen LogP contribution >= 0.6 is 15.9 Å². The van der Waals surface area contributed by atoms with Crippen molar-refractivity contribution in [2.45, 2.75) is 20.4 Å². The molecular weight excluding hydrogens is 316 g/mol. The summed E-state index contributed by atoms with van der Waals surface area (Å²) in [6, 6.07) is 6.12. The van der Waals surface area contributed by atoms with Gasteiger partial charge >= 0.3 is 0 Å². The second-order valence-electron chi connectivity index (χ2n) is 4.09. The van der Waals surface area contributed by atoms with Crippen LogP contribution in [0.15, 0.2) is 22.7 Å². The fourth-order valence-corrected chi connectivity index (χ4v) is 3.15. The number of benzene rings is 1. The van der Waals surface area contributed by atoms with Crippen LogP contribution in [0.25, 0.3) is 0 Å². The van der Waals surface area contributed by atoms with E-state index in [1.165, 1.54) is 5.56 Å². The Bertz CT molecular complexity index is 489. The maximum atomic E-state index is 11.4. The SMILES string of the molecule is CCNS(=O)(=O)CCNCc1ccc(C)cc1Br. The van der Waals surface area contributed by atoms with Crippen molar-refractivity contribution in [1.29, 1.82) is 0 Å². The first kappa shape index (κ1) is 15.6. The van der Waals surface area contributed by atoms with E-state index < -0.39 is 10.0 Å². The monoisotopic (exact) mass is 334 g/mol. The van der Waals surface area contributed by atoms with Gasteiger partial charge in [-0.1, -0.05) is 35.0 Å². The van der Waals surface area contributed by atoms with Crippen LogP contribution in [0.2, 0.25) is 0 Å². The number of nitrogens with one attached hydrogen (secondary N) is 2. The van der Waals surface area contributed by atoms with E-state index in [2.05, 4.69) is 26.0 Å². The summed E-state index contributed by atoms with van der Waals surface area (Å²) in [5, 5.41) is 3.13. The summed E-state index contributed by atoms with van der Waals surface area (Å²) >= 11 is 3.49. The first-order valence-corrected chi connectivity index (χ1v) is 8.32. The molecule has 4 nitrogen and oxygen atoms in total. The Morgan fingerprint density at radius 3 is 2.67 bits per heavy atom. The molecule has 2 N–H and O–H groups in total. The zero-order chi connectivity index (χ0) is 13.6. The zero-order valence-corrected chi connectivity index (χ0v) is 13.1. The Labute approximate surface area is 117 Å². The molecule has 0 unspecified atom stereocenters. The van der Waals surface area contributed by atoms with Crippen LogP contribution < -0.4 is 10.0 Å². The highest BCUT2D eigenvalue weighted by Crippen LogP contribution is 2.17. The summed E-state index contributed by atoms with van der Waals surface area (Å²) in [5.74, 6) is 0.102. The molecule has 0 bridgehead atoms. The van der Waals surface area contributed by atoms with E-state index in [-0.39, 0.29) is 5.75 Å². The van der Waals surface area contributed by atoms with Crippen molar-refractivity contribution >= 4 is 26.0 Å². The van der Waals surface area contributed by atoms with Crippen LogP contribution in [0.5, 0.6) is 0 Å². The average molecular weight is 335 g/mol. The number of aryl methyl sites for hydroxylation is 1. The van der Waals surface area contributed by atoms with Gasteiger partial charge in [0.15, 0.2) is 0 Å². The van der Waals surface area contributed by atoms with Crippen molar-refractivity contribution in [3.8, 4) is 0 Å². The van der Waals surface area contributed by atoms with Gasteiger partial charge in [0, 0.05) is 24.1 Å². The molecule has 0 fully saturated rings. The van der Waals surface area contributed by atoms with Gasteiger partial charge in [0.1, 0.15) is 0 Å². The molecule has 0 saturated heterocycles. The molecule has 0 aliphatic rings. The minimum absolute atomic E-state index is 0.102. The van der Waals surface area contributed by atoms with E-state index in [0.717, 1.165) is 10.0 Å². The molecule has 0 aliphatic heterocycles. The lowest BCUT2D eigenvalue weighted by molar-refractivity contribution is 0.578. The van der Waals surface area contributed by atoms with Crippen molar-refractivity contribution in [3.63, 3.8) is 0 Å². The summed E-state index contributed by atoms with van der Waals surface area (Å²) in [6.45, 7) is 5.34. The van der Waals surface area contributed by atoms with Gasteiger partial charge in [-0.2, -0.15) is 0 Å². The first-order chi connectivity index (χ1) is 8.44. The van der Waals surface area contributed by atoms with Crippen molar-refractivity contribution in [2.75, 3.05) is 18.8 Å². The van der Waals surface area contributed by atoms with E-state index >= 15 is 0 Å². The van der Waals surface area contributed by atoms with Crippen LogP contribution in [0.3, 0.4) is 0 Å². The number of rotatable bonds is 7. The lowest BCUT2D eigenvalue weighted by Gasteiger charge is -2.08. The normalized spacial score (nSPS) is 11.7. The molecule has 0 aliphatic carbocycles. The van der Waals surface area contributed by atoms with Gasteiger partial charge < -0.3 is 5.32 Å². The molecule has 6 heteroatoms. The molecule has 0 radical (unpaired) electrons. The van der Waals surface area contributed by atoms with Gasteiger partial charge in [0.05, 0.1) is 5.75 Å². The lowest BCUT2D eigenvalue weighted by Crippen LogP contribution is -2.31. The predicted molar refractivity (Wildman–Crippen MR) is 78.0 cm³/mol. The molecule has 18 heavy (non-hydrogen) atoms. The molecule has 1 aromatic carbocycles. The van der Waals surface area contributed by atoms with E-state index in [9.17, 15) is 8.42 Å². The van der Waals surface area contributed by atoms with E-state index in [1.807, 2.05) is 25.1 Å². The molecule has 102 valence electrons. The molecule has 0 heterocycles. The minimum Gasteiger partial charge on any atom is -0.312 e. The first-order valence-electron chi connectivity index (χ1n) is 5.87. The second kappa shape index (κ2) is 7.23. The van der Waals surface area contributed by atoms with Crippen LogP contribution in [-0.4, -0.2) is 27.3 Å². The number of hydrogen-bond donors (Lipinski definition) is 2. The third-order valence-electron chi connectivity index (χ3n) is 2.44. The maximum Gasteiger partial charge on any atom is 0.212 e. The van der Waals surface area contributed by atoms with E-state index in [1.54, 1.807) is 6.92 Å². The summed E-state index contributed by atoms with van der Waals surface area (Å²) in [4.78, 5) is 0. The number of hydrogen-bond acceptors (Lipinski definition) is 3. The van der Waals surface area contributed by atoms with Gasteiger partial charge in [0.2, 0.25) is 10.0 Å².